The number of carbonyl (C=O) groups excluding carboxylic acids is 1. The van der Waals surface area contributed by atoms with Gasteiger partial charge in [-0.15, -0.1) is 22.7 Å². The van der Waals surface area contributed by atoms with Gasteiger partial charge in [-0.1, -0.05) is 6.07 Å². The lowest BCUT2D eigenvalue weighted by Crippen LogP contribution is -2.26. The molecule has 1 aliphatic heterocycles. The minimum atomic E-state index is -0.142. The van der Waals surface area contributed by atoms with Crippen LogP contribution >= 0.6 is 22.7 Å². The second-order valence-corrected chi connectivity index (χ2v) is 7.97. The second-order valence-electron chi connectivity index (χ2n) is 6.07. The van der Waals surface area contributed by atoms with Crippen molar-refractivity contribution in [3.8, 4) is 11.5 Å². The molecule has 0 saturated carbocycles. The first-order valence-corrected chi connectivity index (χ1v) is 9.94. The number of aromatic nitrogens is 2. The maximum absolute atomic E-state index is 12.7. The summed E-state index contributed by atoms with van der Waals surface area (Å²) < 4.78 is 13.2. The third kappa shape index (κ3) is 2.53. The number of carbonyl (C=O) groups is 1. The molecule has 5 rings (SSSR count). The molecule has 3 aromatic heterocycles. The Bertz CT molecular complexity index is 1130. The normalized spacial score (nSPS) is 14.7. The van der Waals surface area contributed by atoms with Crippen LogP contribution in [0.5, 0.6) is 11.5 Å². The van der Waals surface area contributed by atoms with E-state index < -0.39 is 0 Å². The van der Waals surface area contributed by atoms with E-state index in [9.17, 15) is 4.79 Å². The van der Waals surface area contributed by atoms with E-state index in [0.717, 1.165) is 32.4 Å². The largest absolute Gasteiger partial charge is 0.486 e. The lowest BCUT2D eigenvalue weighted by atomic mass is 10.1. The Morgan fingerprint density at radius 3 is 3.00 bits per heavy atom. The Kier molecular flexibility index (Phi) is 3.61. The quantitative estimate of drug-likeness (QED) is 0.581. The van der Waals surface area contributed by atoms with E-state index in [-0.39, 0.29) is 11.9 Å². The summed E-state index contributed by atoms with van der Waals surface area (Å²) >= 11 is 3.00. The number of benzene rings is 1. The lowest BCUT2D eigenvalue weighted by molar-refractivity contribution is 0.0944. The van der Waals surface area contributed by atoms with E-state index in [0.29, 0.717) is 18.1 Å². The maximum Gasteiger partial charge on any atom is 0.261 e. The molecule has 1 aliphatic rings. The van der Waals surface area contributed by atoms with Gasteiger partial charge in [0.1, 0.15) is 18.0 Å². The van der Waals surface area contributed by atoms with Crippen molar-refractivity contribution in [3.63, 3.8) is 0 Å². The number of nitrogens with one attached hydrogen (secondary N) is 1. The van der Waals surface area contributed by atoms with Gasteiger partial charge in [-0.2, -0.15) is 0 Å². The molecule has 8 heteroatoms. The highest BCUT2D eigenvalue weighted by atomic mass is 32.1. The van der Waals surface area contributed by atoms with E-state index in [2.05, 4.69) is 10.3 Å². The second kappa shape index (κ2) is 6.00. The van der Waals surface area contributed by atoms with Crippen molar-refractivity contribution in [3.05, 3.63) is 46.3 Å². The minimum absolute atomic E-state index is 0.0978. The summed E-state index contributed by atoms with van der Waals surface area (Å²) in [7, 11) is 0. The monoisotopic (exact) mass is 385 g/mol. The smallest absolute Gasteiger partial charge is 0.261 e. The van der Waals surface area contributed by atoms with Crippen LogP contribution in [0.4, 0.5) is 0 Å². The summed E-state index contributed by atoms with van der Waals surface area (Å²) in [5.74, 6) is 1.38. The van der Waals surface area contributed by atoms with Crippen LogP contribution in [0.1, 0.15) is 28.2 Å². The van der Waals surface area contributed by atoms with Gasteiger partial charge in [0.05, 0.1) is 16.4 Å². The Labute approximate surface area is 157 Å². The molecule has 4 heterocycles. The molecule has 0 fully saturated rings. The van der Waals surface area contributed by atoms with Crippen LogP contribution in [-0.2, 0) is 0 Å². The summed E-state index contributed by atoms with van der Waals surface area (Å²) in [4.78, 5) is 19.7. The number of amides is 1. The van der Waals surface area contributed by atoms with Crippen LogP contribution in [0.25, 0.3) is 15.3 Å². The predicted octanol–water partition coefficient (Wildman–Crippen LogP) is 3.87. The van der Waals surface area contributed by atoms with Crippen molar-refractivity contribution in [2.45, 2.75) is 13.0 Å². The standard InChI is InChI=1S/C18H15N3O3S2/c1-10(11-2-3-13-14(8-11)24-6-5-23-13)19-16(22)15-9-12-17(26-15)20-18-21(12)4-7-25-18/h2-4,7-10H,5-6H2,1H3,(H,19,22)/t10-/m0/s1. The molecule has 0 radical (unpaired) electrons. The van der Waals surface area contributed by atoms with Gasteiger partial charge in [-0.05, 0) is 30.7 Å². The van der Waals surface area contributed by atoms with Gasteiger partial charge in [0, 0.05) is 11.6 Å². The van der Waals surface area contributed by atoms with Crippen LogP contribution in [0.3, 0.4) is 0 Å². The molecule has 0 bridgehead atoms. The summed E-state index contributed by atoms with van der Waals surface area (Å²) in [5, 5.41) is 5.04. The van der Waals surface area contributed by atoms with E-state index in [1.165, 1.54) is 11.3 Å². The van der Waals surface area contributed by atoms with Crippen LogP contribution in [0.15, 0.2) is 35.8 Å². The summed E-state index contributed by atoms with van der Waals surface area (Å²) in [5.41, 5.74) is 1.95. The van der Waals surface area contributed by atoms with E-state index >= 15 is 0 Å². The molecular formula is C18H15N3O3S2. The number of hydrogen-bond acceptors (Lipinski definition) is 6. The number of thiazole rings is 1. The fraction of sp³-hybridized carbons (Fsp3) is 0.222. The van der Waals surface area contributed by atoms with Crippen molar-refractivity contribution >= 4 is 43.9 Å². The lowest BCUT2D eigenvalue weighted by Gasteiger charge is -2.21. The molecular weight excluding hydrogens is 370 g/mol. The van der Waals surface area contributed by atoms with Crippen LogP contribution < -0.4 is 14.8 Å². The van der Waals surface area contributed by atoms with E-state index in [4.69, 9.17) is 9.47 Å². The minimum Gasteiger partial charge on any atom is -0.486 e. The van der Waals surface area contributed by atoms with Crippen molar-refractivity contribution in [1.82, 2.24) is 14.7 Å². The van der Waals surface area contributed by atoms with Gasteiger partial charge in [0.25, 0.3) is 5.91 Å². The van der Waals surface area contributed by atoms with Gasteiger partial charge < -0.3 is 14.8 Å². The number of imidazole rings is 1. The molecule has 4 aromatic rings. The maximum atomic E-state index is 12.7. The average Bonchev–Trinajstić information content (AvgIpc) is 3.33. The molecule has 1 N–H and O–H groups in total. The zero-order chi connectivity index (χ0) is 17.7. The van der Waals surface area contributed by atoms with Crippen molar-refractivity contribution < 1.29 is 14.3 Å². The Hall–Kier alpha value is -2.58. The Morgan fingerprint density at radius 2 is 2.12 bits per heavy atom. The fourth-order valence-corrected chi connectivity index (χ4v) is 4.74. The van der Waals surface area contributed by atoms with Gasteiger partial charge in [0.2, 0.25) is 0 Å². The molecule has 6 nitrogen and oxygen atoms in total. The van der Waals surface area contributed by atoms with Gasteiger partial charge in [-0.3, -0.25) is 9.20 Å². The molecule has 132 valence electrons. The molecule has 1 amide bonds. The summed E-state index contributed by atoms with van der Waals surface area (Å²) in [6.07, 6.45) is 1.97. The molecule has 26 heavy (non-hydrogen) atoms. The van der Waals surface area contributed by atoms with Crippen molar-refractivity contribution in [2.24, 2.45) is 0 Å². The third-order valence-electron chi connectivity index (χ3n) is 4.38. The Morgan fingerprint density at radius 1 is 1.27 bits per heavy atom. The number of thiophene rings is 1. The highest BCUT2D eigenvalue weighted by molar-refractivity contribution is 7.21. The highest BCUT2D eigenvalue weighted by Gasteiger charge is 2.19. The van der Waals surface area contributed by atoms with Crippen molar-refractivity contribution in [1.29, 1.82) is 0 Å². The first-order valence-electron chi connectivity index (χ1n) is 8.24. The average molecular weight is 385 g/mol. The molecule has 0 unspecified atom stereocenters. The number of fused-ring (bicyclic) bond motifs is 4. The van der Waals surface area contributed by atoms with E-state index in [1.807, 2.05) is 47.2 Å². The SMILES string of the molecule is C[C@H](NC(=O)c1cc2c(nc3sccn32)s1)c1ccc2c(c1)OCCO2. The number of rotatable bonds is 3. The number of hydrogen-bond donors (Lipinski definition) is 1. The molecule has 0 aliphatic carbocycles. The molecule has 1 atom stereocenters. The highest BCUT2D eigenvalue weighted by Crippen LogP contribution is 2.33. The van der Waals surface area contributed by atoms with Crippen molar-refractivity contribution in [2.75, 3.05) is 13.2 Å². The first kappa shape index (κ1) is 15.7. The van der Waals surface area contributed by atoms with Crippen LogP contribution in [-0.4, -0.2) is 28.5 Å². The van der Waals surface area contributed by atoms with E-state index in [1.54, 1.807) is 11.3 Å². The topological polar surface area (TPSA) is 64.9 Å². The van der Waals surface area contributed by atoms with Gasteiger partial charge in [-0.25, -0.2) is 4.98 Å². The summed E-state index contributed by atoms with van der Waals surface area (Å²) in [6.45, 7) is 3.07. The van der Waals surface area contributed by atoms with Gasteiger partial charge >= 0.3 is 0 Å². The third-order valence-corrected chi connectivity index (χ3v) is 6.15. The fourth-order valence-electron chi connectivity index (χ4n) is 3.04. The predicted molar refractivity (Wildman–Crippen MR) is 102 cm³/mol. The number of ether oxygens (including phenoxy) is 2. The zero-order valence-electron chi connectivity index (χ0n) is 13.9. The summed E-state index contributed by atoms with van der Waals surface area (Å²) in [6, 6.07) is 7.53. The van der Waals surface area contributed by atoms with Gasteiger partial charge in [0.15, 0.2) is 16.5 Å². The van der Waals surface area contributed by atoms with Crippen LogP contribution in [0, 0.1) is 0 Å². The molecule has 1 aromatic carbocycles. The van der Waals surface area contributed by atoms with Crippen LogP contribution in [0.2, 0.25) is 0 Å². The number of nitrogens with zero attached hydrogens (tertiary/aromatic N) is 2. The Balaban J connectivity index is 1.38. The molecule has 0 saturated heterocycles. The first-order chi connectivity index (χ1) is 12.7. The molecule has 0 spiro atoms. The zero-order valence-corrected chi connectivity index (χ0v) is 15.5.